The molecule has 10 nitrogen and oxygen atoms in total. The second-order valence-electron chi connectivity index (χ2n) is 7.87. The van der Waals surface area contributed by atoms with E-state index in [0.717, 1.165) is 23.7 Å². The van der Waals surface area contributed by atoms with Crippen LogP contribution in [0.3, 0.4) is 0 Å². The number of aromatic nitrogens is 2. The van der Waals surface area contributed by atoms with Crippen molar-refractivity contribution < 1.29 is 34.8 Å². The smallest absolute Gasteiger partial charge is 0.335 e. The molecule has 2 bridgehead atoms. The standard InChI is InChI=1S/C18H18ClN3OS.C4H6O6/c19-15-5-1-3-13(11-15)4-2-10-23-18-17(20-24-21-18)16-12-22-8-6-14(16)7-9-22;5-1(3(7)8)2(6)4(9)10/h1,3,5,11,14,16H,6-10,12H2;1-2,5-6H,(H,7,8)(H,9,10)/t16-;/m1./s1. The Hall–Kier alpha value is -2.75. The maximum atomic E-state index is 9.77. The van der Waals surface area contributed by atoms with E-state index in [1.54, 1.807) is 0 Å². The number of nitrogens with zero attached hydrogens (tertiary/aromatic N) is 3. The van der Waals surface area contributed by atoms with Crippen LogP contribution in [0.4, 0.5) is 0 Å². The molecule has 0 amide bonds. The van der Waals surface area contributed by atoms with Crippen molar-refractivity contribution in [1.29, 1.82) is 0 Å². The monoisotopic (exact) mass is 509 g/mol. The Labute approximate surface area is 205 Å². The molecule has 1 aromatic heterocycles. The molecule has 4 heterocycles. The van der Waals surface area contributed by atoms with Gasteiger partial charge in [-0.15, -0.1) is 4.37 Å². The molecular formula is C22H24ClN3O7S. The topological polar surface area (TPSA) is 153 Å². The van der Waals surface area contributed by atoms with Crippen molar-refractivity contribution in [3.05, 3.63) is 40.5 Å². The van der Waals surface area contributed by atoms with Crippen LogP contribution in [0, 0.1) is 17.8 Å². The predicted molar refractivity (Wildman–Crippen MR) is 123 cm³/mol. The van der Waals surface area contributed by atoms with Gasteiger partial charge in [-0.2, -0.15) is 4.37 Å². The number of carboxylic acids is 2. The molecular weight excluding hydrogens is 486 g/mol. The summed E-state index contributed by atoms with van der Waals surface area (Å²) in [7, 11) is 0. The van der Waals surface area contributed by atoms with Crippen LogP contribution >= 0.6 is 23.3 Å². The fraction of sp³-hybridized carbons (Fsp3) is 0.455. The van der Waals surface area contributed by atoms with Crippen molar-refractivity contribution in [3.63, 3.8) is 0 Å². The number of rotatable bonds is 6. The lowest BCUT2D eigenvalue weighted by Crippen LogP contribution is -2.46. The molecule has 3 atom stereocenters. The molecule has 0 aliphatic carbocycles. The molecule has 2 unspecified atom stereocenters. The molecule has 4 N–H and O–H groups in total. The zero-order valence-electron chi connectivity index (χ0n) is 18.0. The van der Waals surface area contributed by atoms with Crippen molar-refractivity contribution in [2.24, 2.45) is 5.92 Å². The normalized spacial score (nSPS) is 22.4. The number of fused-ring (bicyclic) bond motifs is 3. The summed E-state index contributed by atoms with van der Waals surface area (Å²) in [5, 5.41) is 33.2. The number of piperidine rings is 3. The van der Waals surface area contributed by atoms with E-state index in [1.807, 2.05) is 24.3 Å². The minimum absolute atomic E-state index is 0.312. The maximum Gasteiger partial charge on any atom is 0.335 e. The average Bonchev–Trinajstić information content (AvgIpc) is 3.30. The van der Waals surface area contributed by atoms with Gasteiger partial charge in [0, 0.05) is 23.0 Å². The lowest BCUT2D eigenvalue weighted by atomic mass is 9.77. The lowest BCUT2D eigenvalue weighted by molar-refractivity contribution is -0.165. The molecule has 3 aliphatic heterocycles. The number of hydrogen-bond acceptors (Lipinski definition) is 9. The molecule has 3 aliphatic rings. The molecule has 34 heavy (non-hydrogen) atoms. The Morgan fingerprint density at radius 1 is 1.18 bits per heavy atom. The minimum Gasteiger partial charge on any atom is -0.479 e. The third kappa shape index (κ3) is 6.88. The molecule has 5 rings (SSSR count). The fourth-order valence-electron chi connectivity index (χ4n) is 3.87. The van der Waals surface area contributed by atoms with Crippen LogP contribution < -0.4 is 4.74 Å². The highest BCUT2D eigenvalue weighted by atomic mass is 35.5. The number of halogens is 1. The molecule has 12 heteroatoms. The van der Waals surface area contributed by atoms with Gasteiger partial charge in [-0.05, 0) is 50.0 Å². The van der Waals surface area contributed by atoms with Crippen molar-refractivity contribution in [3.8, 4) is 17.7 Å². The van der Waals surface area contributed by atoms with E-state index in [-0.39, 0.29) is 0 Å². The quantitative estimate of drug-likeness (QED) is 0.419. The number of hydrogen-bond donors (Lipinski definition) is 4. The van der Waals surface area contributed by atoms with Crippen LogP contribution in [0.25, 0.3) is 0 Å². The number of benzene rings is 1. The molecule has 182 valence electrons. The van der Waals surface area contributed by atoms with Crippen LogP contribution in [-0.2, 0) is 9.59 Å². The Morgan fingerprint density at radius 2 is 1.85 bits per heavy atom. The predicted octanol–water partition coefficient (Wildman–Crippen LogP) is 1.31. The molecule has 3 fully saturated rings. The fourth-order valence-corrected chi connectivity index (χ4v) is 4.62. The van der Waals surface area contributed by atoms with Crippen LogP contribution in [0.15, 0.2) is 24.3 Å². The van der Waals surface area contributed by atoms with E-state index in [1.165, 1.54) is 37.7 Å². The van der Waals surface area contributed by atoms with Gasteiger partial charge in [0.1, 0.15) is 5.69 Å². The second-order valence-corrected chi connectivity index (χ2v) is 8.83. The van der Waals surface area contributed by atoms with E-state index in [4.69, 9.17) is 36.8 Å². The molecule has 3 saturated heterocycles. The van der Waals surface area contributed by atoms with Crippen LogP contribution in [0.1, 0.15) is 30.0 Å². The van der Waals surface area contributed by atoms with Gasteiger partial charge in [-0.1, -0.05) is 29.5 Å². The summed E-state index contributed by atoms with van der Waals surface area (Å²) in [6, 6.07) is 7.51. The average molecular weight is 510 g/mol. The van der Waals surface area contributed by atoms with Gasteiger partial charge >= 0.3 is 11.9 Å². The van der Waals surface area contributed by atoms with Crippen LogP contribution in [0.5, 0.6) is 5.88 Å². The first-order valence-electron chi connectivity index (χ1n) is 10.5. The summed E-state index contributed by atoms with van der Waals surface area (Å²) in [6.07, 6.45) is -2.01. The van der Waals surface area contributed by atoms with Crippen molar-refractivity contribution in [2.75, 3.05) is 26.2 Å². The first kappa shape index (κ1) is 25.9. The summed E-state index contributed by atoms with van der Waals surface area (Å²) in [4.78, 5) is 22.1. The third-order valence-electron chi connectivity index (χ3n) is 5.63. The highest BCUT2D eigenvalue weighted by molar-refractivity contribution is 6.99. The van der Waals surface area contributed by atoms with Gasteiger partial charge in [0.2, 0.25) is 5.88 Å². The van der Waals surface area contributed by atoms with Crippen molar-refractivity contribution >= 4 is 35.3 Å². The SMILES string of the molecule is Clc1cccc(C#CCOc2nsnc2[C@@H]2CN3CCC2CC3)c1.O=C(O)C(O)C(O)C(=O)O. The van der Waals surface area contributed by atoms with Gasteiger partial charge in [-0.3, -0.25) is 0 Å². The first-order chi connectivity index (χ1) is 16.3. The minimum atomic E-state index is -2.27. The van der Waals surface area contributed by atoms with E-state index in [0.29, 0.717) is 23.4 Å². The highest BCUT2D eigenvalue weighted by Gasteiger charge is 2.38. The zero-order chi connectivity index (χ0) is 24.7. The Morgan fingerprint density at radius 3 is 2.41 bits per heavy atom. The number of aliphatic carboxylic acids is 2. The summed E-state index contributed by atoms with van der Waals surface area (Å²) in [5.41, 5.74) is 1.92. The number of aliphatic hydroxyl groups excluding tert-OH is 2. The number of ether oxygens (including phenoxy) is 1. The number of carbonyl (C=O) groups is 2. The molecule has 1 aromatic carbocycles. The Kier molecular flexibility index (Phi) is 9.20. The number of carboxylic acid groups (broad SMARTS) is 2. The highest BCUT2D eigenvalue weighted by Crippen LogP contribution is 2.41. The van der Waals surface area contributed by atoms with Crippen LogP contribution in [0.2, 0.25) is 5.02 Å². The molecule has 2 aromatic rings. The summed E-state index contributed by atoms with van der Waals surface area (Å²) < 4.78 is 14.7. The van der Waals surface area contributed by atoms with E-state index in [9.17, 15) is 9.59 Å². The first-order valence-corrected chi connectivity index (χ1v) is 11.6. The summed E-state index contributed by atoms with van der Waals surface area (Å²) in [5.74, 6) is 4.40. The second kappa shape index (κ2) is 12.1. The summed E-state index contributed by atoms with van der Waals surface area (Å²) >= 11 is 7.19. The third-order valence-corrected chi connectivity index (χ3v) is 6.39. The summed E-state index contributed by atoms with van der Waals surface area (Å²) in [6.45, 7) is 3.84. The van der Waals surface area contributed by atoms with Gasteiger partial charge in [-0.25, -0.2) is 9.59 Å². The van der Waals surface area contributed by atoms with E-state index >= 15 is 0 Å². The van der Waals surface area contributed by atoms with Gasteiger partial charge in [0.15, 0.2) is 18.8 Å². The van der Waals surface area contributed by atoms with E-state index < -0.39 is 24.1 Å². The van der Waals surface area contributed by atoms with Gasteiger partial charge in [0.05, 0.1) is 11.7 Å². The Bertz CT molecular complexity index is 1040. The molecule has 0 spiro atoms. The van der Waals surface area contributed by atoms with Crippen LogP contribution in [-0.4, -0.2) is 84.5 Å². The lowest BCUT2D eigenvalue weighted by Gasteiger charge is -2.44. The van der Waals surface area contributed by atoms with Crippen molar-refractivity contribution in [1.82, 2.24) is 13.6 Å². The zero-order valence-corrected chi connectivity index (χ0v) is 19.6. The Balaban J connectivity index is 0.000000277. The maximum absolute atomic E-state index is 9.77. The largest absolute Gasteiger partial charge is 0.479 e. The van der Waals surface area contributed by atoms with Gasteiger partial charge in [0.25, 0.3) is 0 Å². The van der Waals surface area contributed by atoms with Gasteiger partial charge < -0.3 is 30.1 Å². The molecule has 0 radical (unpaired) electrons. The number of aliphatic hydroxyl groups is 2. The van der Waals surface area contributed by atoms with Crippen molar-refractivity contribution in [2.45, 2.75) is 31.0 Å². The van der Waals surface area contributed by atoms with E-state index in [2.05, 4.69) is 25.5 Å². The molecule has 0 saturated carbocycles.